The Morgan fingerprint density at radius 3 is 1.38 bits per heavy atom. The summed E-state index contributed by atoms with van der Waals surface area (Å²) in [6.45, 7) is 0. The molecule has 0 saturated heterocycles. The normalized spacial score (nSPS) is 12.2. The average Bonchev–Trinajstić information content (AvgIpc) is 3.02. The molecule has 5 aromatic rings. The van der Waals surface area contributed by atoms with Crippen LogP contribution in [0.4, 0.5) is 0 Å². The van der Waals surface area contributed by atoms with Gasteiger partial charge in [-0.3, -0.25) is 0 Å². The zero-order chi connectivity index (χ0) is 27.7. The molecule has 0 radical (unpaired) electrons. The van der Waals surface area contributed by atoms with E-state index in [1.165, 1.54) is 0 Å². The van der Waals surface area contributed by atoms with Crippen LogP contribution in [0.3, 0.4) is 0 Å². The topological polar surface area (TPSA) is 72.0 Å². The summed E-state index contributed by atoms with van der Waals surface area (Å²) in [7, 11) is 0.356. The third-order valence-electron chi connectivity index (χ3n) is 6.31. The summed E-state index contributed by atoms with van der Waals surface area (Å²) >= 11 is 1.82. The number of sulfonamides is 1. The van der Waals surface area contributed by atoms with Crippen LogP contribution in [0.1, 0.15) is 23.2 Å². The SMILES string of the molecule is [CH3-].[Cl][Ru+3].[NH-][C@@H](c1ccccc1)[C@@H]([N-]S(=O)(=O)c1c(-c2ccccc2)cccc1-c1ccccc1)c1ccccc1. The smallest absolute Gasteiger partial charge is 0.102 e. The van der Waals surface area contributed by atoms with Gasteiger partial charge in [0.15, 0.2) is 0 Å². The van der Waals surface area contributed by atoms with Crippen LogP contribution in [-0.2, 0) is 27.3 Å². The monoisotopic (exact) mass is 654 g/mol. The Morgan fingerprint density at radius 2 is 0.950 bits per heavy atom. The van der Waals surface area contributed by atoms with Crippen molar-refractivity contribution >= 4 is 19.7 Å². The predicted molar refractivity (Wildman–Crippen MR) is 163 cm³/mol. The number of hydrogen-bond acceptors (Lipinski definition) is 2. The van der Waals surface area contributed by atoms with Crippen molar-refractivity contribution in [2.24, 2.45) is 0 Å². The maximum atomic E-state index is 14.3. The van der Waals surface area contributed by atoms with Gasteiger partial charge in [-0.15, -0.1) is 12.1 Å². The summed E-state index contributed by atoms with van der Waals surface area (Å²) in [5.74, 6) is 0. The molecular formula is C33H29ClN2O2RuS. The van der Waals surface area contributed by atoms with Crippen molar-refractivity contribution in [1.29, 1.82) is 0 Å². The van der Waals surface area contributed by atoms with Crippen molar-refractivity contribution in [1.82, 2.24) is 0 Å². The number of benzene rings is 5. The van der Waals surface area contributed by atoms with E-state index in [2.05, 4.69) is 14.4 Å². The van der Waals surface area contributed by atoms with Gasteiger partial charge in [-0.25, -0.2) is 8.42 Å². The Kier molecular flexibility index (Phi) is 11.8. The van der Waals surface area contributed by atoms with Crippen molar-refractivity contribution in [3.8, 4) is 22.3 Å². The first-order valence-electron chi connectivity index (χ1n) is 12.2. The van der Waals surface area contributed by atoms with E-state index in [0.29, 0.717) is 22.3 Å². The average molecular weight is 654 g/mol. The molecule has 5 rings (SSSR count). The molecule has 0 aromatic heterocycles. The fraction of sp³-hybridized carbons (Fsp3) is 0.0606. The molecule has 0 fully saturated rings. The van der Waals surface area contributed by atoms with Gasteiger partial charge in [0, 0.05) is 0 Å². The number of rotatable bonds is 8. The van der Waals surface area contributed by atoms with Crippen molar-refractivity contribution in [2.75, 3.05) is 0 Å². The van der Waals surface area contributed by atoms with Gasteiger partial charge in [-0.2, -0.15) is 0 Å². The van der Waals surface area contributed by atoms with Gasteiger partial charge in [0.25, 0.3) is 0 Å². The maximum Gasteiger partial charge on any atom is 0.102 e. The quantitative estimate of drug-likeness (QED) is 0.124. The van der Waals surface area contributed by atoms with Crippen LogP contribution in [0.5, 0.6) is 0 Å². The van der Waals surface area contributed by atoms with E-state index in [0.717, 1.165) is 11.1 Å². The van der Waals surface area contributed by atoms with Gasteiger partial charge in [-0.1, -0.05) is 151 Å². The molecule has 0 aliphatic rings. The molecule has 1 N–H and O–H groups in total. The molecule has 4 nitrogen and oxygen atoms in total. The van der Waals surface area contributed by atoms with Crippen LogP contribution in [-0.4, -0.2) is 8.42 Å². The third kappa shape index (κ3) is 7.34. The summed E-state index contributed by atoms with van der Waals surface area (Å²) in [4.78, 5) is 0.147. The molecule has 0 amide bonds. The minimum Gasteiger partial charge on any atom is -0.672 e. The van der Waals surface area contributed by atoms with Crippen LogP contribution in [0, 0.1) is 7.43 Å². The Bertz CT molecular complexity index is 1510. The van der Waals surface area contributed by atoms with Gasteiger partial charge in [-0.05, 0) is 22.3 Å². The molecule has 5 aromatic carbocycles. The second-order valence-electron chi connectivity index (χ2n) is 8.74. The fourth-order valence-corrected chi connectivity index (χ4v) is 6.09. The summed E-state index contributed by atoms with van der Waals surface area (Å²) in [5, 5.41) is 0. The molecule has 0 saturated carbocycles. The minimum atomic E-state index is -4.21. The van der Waals surface area contributed by atoms with Crippen LogP contribution in [0.2, 0.25) is 0 Å². The summed E-state index contributed by atoms with van der Waals surface area (Å²) in [5.41, 5.74) is 13.1. The van der Waals surface area contributed by atoms with Crippen LogP contribution >= 0.6 is 9.69 Å². The summed E-state index contributed by atoms with van der Waals surface area (Å²) in [6, 6.07) is 41.1. The molecular weight excluding hydrogens is 625 g/mol. The zero-order valence-electron chi connectivity index (χ0n) is 21.8. The molecule has 2 atom stereocenters. The Balaban J connectivity index is 0.00000144. The summed E-state index contributed by atoms with van der Waals surface area (Å²) < 4.78 is 33.1. The van der Waals surface area contributed by atoms with Gasteiger partial charge >= 0.3 is 27.0 Å². The molecule has 0 spiro atoms. The second-order valence-corrected chi connectivity index (χ2v) is 10.3. The largest absolute Gasteiger partial charge is 0.672 e. The van der Waals surface area contributed by atoms with Crippen molar-refractivity contribution in [2.45, 2.75) is 17.0 Å². The number of nitrogens with zero attached hydrogens (tertiary/aromatic N) is 1. The zero-order valence-corrected chi connectivity index (χ0v) is 25.1. The second kappa shape index (κ2) is 15.0. The Hall–Kier alpha value is -3.12. The molecule has 40 heavy (non-hydrogen) atoms. The fourth-order valence-electron chi connectivity index (χ4n) is 4.51. The third-order valence-corrected chi connectivity index (χ3v) is 7.77. The first kappa shape index (κ1) is 31.4. The first-order valence-corrected chi connectivity index (χ1v) is 15.9. The van der Waals surface area contributed by atoms with E-state index in [-0.39, 0.29) is 12.3 Å². The van der Waals surface area contributed by atoms with Crippen LogP contribution in [0.15, 0.2) is 144 Å². The van der Waals surface area contributed by atoms with Crippen molar-refractivity contribution in [3.05, 3.63) is 169 Å². The molecule has 0 heterocycles. The number of hydrogen-bond donors (Lipinski definition) is 0. The van der Waals surface area contributed by atoms with Gasteiger partial charge in [0.2, 0.25) is 0 Å². The molecule has 0 aliphatic carbocycles. The summed E-state index contributed by atoms with van der Waals surface area (Å²) in [6.07, 6.45) is 0. The van der Waals surface area contributed by atoms with Gasteiger partial charge in [0.1, 0.15) is 10.0 Å². The molecule has 7 heteroatoms. The predicted octanol–water partition coefficient (Wildman–Crippen LogP) is 9.76. The van der Waals surface area contributed by atoms with Crippen LogP contribution in [0.25, 0.3) is 32.7 Å². The first-order chi connectivity index (χ1) is 19.0. The van der Waals surface area contributed by atoms with E-state index < -0.39 is 22.1 Å². The number of nitrogens with one attached hydrogen (secondary N) is 1. The van der Waals surface area contributed by atoms with E-state index in [4.69, 9.17) is 5.73 Å². The van der Waals surface area contributed by atoms with E-state index in [1.54, 1.807) is 0 Å². The minimum absolute atomic E-state index is 0. The van der Waals surface area contributed by atoms with Crippen LogP contribution < -0.4 is 0 Å². The molecule has 204 valence electrons. The molecule has 0 aliphatic heterocycles. The van der Waals surface area contributed by atoms with E-state index in [1.807, 2.05) is 157 Å². The standard InChI is InChI=1S/C32H26N2O2S.CH3.ClH.Ru/c33-30(26-18-9-3-10-19-26)31(27-20-11-4-12-21-27)34-37(35,36)32-28(24-14-5-1-6-15-24)22-13-23-29(32)25-16-7-2-8-17-25;;;/h1-23,30-31,33H;1H3;1H;/q-2;-1;;+4/p-1/t30-,31-;;;/m0.../s1. The Morgan fingerprint density at radius 1 is 0.575 bits per heavy atom. The van der Waals surface area contributed by atoms with E-state index in [9.17, 15) is 8.42 Å². The van der Waals surface area contributed by atoms with Crippen molar-refractivity contribution in [3.63, 3.8) is 0 Å². The molecule has 0 bridgehead atoms. The van der Waals surface area contributed by atoms with Crippen molar-refractivity contribution < 1.29 is 25.7 Å². The van der Waals surface area contributed by atoms with E-state index >= 15 is 0 Å². The Labute approximate surface area is 252 Å². The van der Waals surface area contributed by atoms with Gasteiger partial charge < -0.3 is 17.9 Å². The maximum absolute atomic E-state index is 14.3. The number of halogens is 1. The van der Waals surface area contributed by atoms with Gasteiger partial charge in [0.05, 0.1) is 4.90 Å². The molecule has 0 unspecified atom stereocenters.